The largest absolute Gasteiger partial charge is 0.546 e. The molecule has 0 heterocycles. The second kappa shape index (κ2) is 5.90. The Morgan fingerprint density at radius 3 is 2.50 bits per heavy atom. The molecular weight excluding hydrogens is 212 g/mol. The van der Waals surface area contributed by atoms with Crippen molar-refractivity contribution in [3.63, 3.8) is 0 Å². The van der Waals surface area contributed by atoms with E-state index in [0.717, 1.165) is 12.3 Å². The predicted molar refractivity (Wildman–Crippen MR) is 72.7 cm³/mol. The topological polar surface area (TPSA) is 9.23 Å². The summed E-state index contributed by atoms with van der Waals surface area (Å²) < 4.78 is 5.95. The van der Waals surface area contributed by atoms with Gasteiger partial charge in [0, 0.05) is 6.42 Å². The molecule has 0 bridgehead atoms. The smallest absolute Gasteiger partial charge is 0.273 e. The van der Waals surface area contributed by atoms with Crippen molar-refractivity contribution in [2.45, 2.75) is 66.0 Å². The first-order valence-corrected chi connectivity index (χ1v) is 8.97. The molecule has 0 aromatic heterocycles. The van der Waals surface area contributed by atoms with E-state index in [9.17, 15) is 0 Å². The molecule has 0 N–H and O–H groups in total. The zero-order valence-corrected chi connectivity index (χ0v) is 12.6. The van der Waals surface area contributed by atoms with Crippen LogP contribution in [0.5, 0.6) is 0 Å². The van der Waals surface area contributed by atoms with Crippen LogP contribution in [0, 0.1) is 11.3 Å². The van der Waals surface area contributed by atoms with Gasteiger partial charge in [0.1, 0.15) is 0 Å². The van der Waals surface area contributed by atoms with Gasteiger partial charge in [-0.25, -0.2) is 0 Å². The molecule has 0 saturated heterocycles. The Bertz CT molecular complexity index is 238. The third kappa shape index (κ3) is 4.73. The molecule has 0 saturated carbocycles. The Labute approximate surface area is 103 Å². The summed E-state index contributed by atoms with van der Waals surface area (Å²) in [6.45, 7) is 11.5. The fourth-order valence-electron chi connectivity index (χ4n) is 2.33. The zero-order valence-electron chi connectivity index (χ0n) is 11.6. The molecule has 93 valence electrons. The lowest BCUT2D eigenvalue weighted by molar-refractivity contribution is 0.215. The second-order valence-electron chi connectivity index (χ2n) is 6.23. The fourth-order valence-corrected chi connectivity index (χ4v) is 3.03. The van der Waals surface area contributed by atoms with Crippen molar-refractivity contribution in [2.24, 2.45) is 11.3 Å². The monoisotopic (exact) mass is 239 g/mol. The van der Waals surface area contributed by atoms with Gasteiger partial charge in [-0.05, 0) is 49.8 Å². The lowest BCUT2D eigenvalue weighted by Gasteiger charge is -2.31. The van der Waals surface area contributed by atoms with Gasteiger partial charge >= 0.3 is 0 Å². The van der Waals surface area contributed by atoms with E-state index >= 15 is 0 Å². The van der Waals surface area contributed by atoms with Crippen molar-refractivity contribution in [1.82, 2.24) is 0 Å². The minimum Gasteiger partial charge on any atom is -0.546 e. The summed E-state index contributed by atoms with van der Waals surface area (Å²) >= 11 is 0. The Kier molecular flexibility index (Phi) is 5.10. The summed E-state index contributed by atoms with van der Waals surface area (Å²) in [4.78, 5) is 0. The summed E-state index contributed by atoms with van der Waals surface area (Å²) in [6, 6.07) is 0. The highest BCUT2D eigenvalue weighted by Crippen LogP contribution is 2.35. The third-order valence-electron chi connectivity index (χ3n) is 3.42. The second-order valence-corrected chi connectivity index (χ2v) is 8.25. The number of allylic oxidation sites excluding steroid dienone is 2. The minimum atomic E-state index is -0.582. The molecule has 1 unspecified atom stereocenters. The highest BCUT2D eigenvalue weighted by molar-refractivity contribution is 6.48. The van der Waals surface area contributed by atoms with Gasteiger partial charge in [0.05, 0.1) is 5.76 Å². The highest BCUT2D eigenvalue weighted by Gasteiger charge is 2.24. The van der Waals surface area contributed by atoms with Crippen molar-refractivity contribution in [3.05, 3.63) is 11.8 Å². The van der Waals surface area contributed by atoms with E-state index in [0.29, 0.717) is 5.41 Å². The summed E-state index contributed by atoms with van der Waals surface area (Å²) in [5, 5.41) is 0. The Morgan fingerprint density at radius 2 is 1.94 bits per heavy atom. The SMILES string of the molecule is C[Si](C)O/C1=C/CC(C(C)(C)C)CCCC1. The van der Waals surface area contributed by atoms with Crippen LogP contribution in [0.15, 0.2) is 11.8 Å². The quantitative estimate of drug-likeness (QED) is 0.631. The lowest BCUT2D eigenvalue weighted by Crippen LogP contribution is -2.21. The lowest BCUT2D eigenvalue weighted by atomic mass is 9.75. The summed E-state index contributed by atoms with van der Waals surface area (Å²) in [7, 11) is -0.582. The average molecular weight is 239 g/mol. The van der Waals surface area contributed by atoms with E-state index in [4.69, 9.17) is 4.43 Å². The van der Waals surface area contributed by atoms with Crippen LogP contribution >= 0.6 is 0 Å². The van der Waals surface area contributed by atoms with Gasteiger partial charge in [-0.2, -0.15) is 0 Å². The van der Waals surface area contributed by atoms with Crippen molar-refractivity contribution < 1.29 is 4.43 Å². The van der Waals surface area contributed by atoms with Crippen LogP contribution in [0.4, 0.5) is 0 Å². The van der Waals surface area contributed by atoms with Gasteiger partial charge in [-0.15, -0.1) is 0 Å². The van der Waals surface area contributed by atoms with Crippen LogP contribution in [0.2, 0.25) is 13.1 Å². The molecule has 1 rings (SSSR count). The normalized spacial score (nSPS) is 26.9. The van der Waals surface area contributed by atoms with Crippen LogP contribution in [0.1, 0.15) is 52.9 Å². The first kappa shape index (κ1) is 13.8. The summed E-state index contributed by atoms with van der Waals surface area (Å²) in [6.07, 6.45) is 8.77. The van der Waals surface area contributed by atoms with Crippen LogP contribution in [-0.4, -0.2) is 9.04 Å². The van der Waals surface area contributed by atoms with Crippen LogP contribution in [-0.2, 0) is 4.43 Å². The molecule has 0 fully saturated rings. The molecule has 16 heavy (non-hydrogen) atoms. The number of rotatable bonds is 2. The van der Waals surface area contributed by atoms with E-state index in [1.54, 1.807) is 0 Å². The Balaban J connectivity index is 2.62. The van der Waals surface area contributed by atoms with Gasteiger partial charge in [0.25, 0.3) is 9.04 Å². The first-order valence-electron chi connectivity index (χ1n) is 6.56. The van der Waals surface area contributed by atoms with Gasteiger partial charge in [-0.3, -0.25) is 0 Å². The fraction of sp³-hybridized carbons (Fsp3) is 0.857. The standard InChI is InChI=1S/C14H27OSi/c1-14(2,3)12-8-6-7-9-13(11-10-12)15-16(4)5/h11-12H,6-10H2,1-5H3/b13-11+. The van der Waals surface area contributed by atoms with Crippen molar-refractivity contribution in [3.8, 4) is 0 Å². The molecule has 1 nitrogen and oxygen atoms in total. The predicted octanol–water partition coefficient (Wildman–Crippen LogP) is 4.76. The van der Waals surface area contributed by atoms with Gasteiger partial charge in [-0.1, -0.05) is 27.2 Å². The van der Waals surface area contributed by atoms with E-state index in [1.165, 1.54) is 31.4 Å². The van der Waals surface area contributed by atoms with Crippen molar-refractivity contribution in [2.75, 3.05) is 0 Å². The molecule has 1 aliphatic rings. The van der Waals surface area contributed by atoms with E-state index in [-0.39, 0.29) is 0 Å². The molecule has 0 spiro atoms. The maximum absolute atomic E-state index is 5.95. The molecule has 0 amide bonds. The number of hydrogen-bond acceptors (Lipinski definition) is 1. The van der Waals surface area contributed by atoms with Crippen LogP contribution < -0.4 is 0 Å². The minimum absolute atomic E-state index is 0.436. The maximum atomic E-state index is 5.95. The summed E-state index contributed by atoms with van der Waals surface area (Å²) in [5.41, 5.74) is 0.436. The molecule has 1 aliphatic carbocycles. The Hall–Kier alpha value is -0.243. The third-order valence-corrected chi connectivity index (χ3v) is 4.09. The first-order chi connectivity index (χ1) is 7.39. The highest BCUT2D eigenvalue weighted by atomic mass is 28.3. The van der Waals surface area contributed by atoms with E-state index < -0.39 is 9.04 Å². The molecule has 1 atom stereocenters. The molecule has 1 radical (unpaired) electrons. The molecule has 0 aromatic rings. The van der Waals surface area contributed by atoms with Gasteiger partial charge in [0.15, 0.2) is 0 Å². The van der Waals surface area contributed by atoms with E-state index in [1.807, 2.05) is 0 Å². The average Bonchev–Trinajstić information content (AvgIpc) is 2.06. The van der Waals surface area contributed by atoms with E-state index in [2.05, 4.69) is 39.9 Å². The Morgan fingerprint density at radius 1 is 1.25 bits per heavy atom. The summed E-state index contributed by atoms with van der Waals surface area (Å²) in [5.74, 6) is 2.09. The number of hydrogen-bond donors (Lipinski definition) is 0. The maximum Gasteiger partial charge on any atom is 0.273 e. The zero-order chi connectivity index (χ0) is 12.2. The van der Waals surface area contributed by atoms with Gasteiger partial charge < -0.3 is 4.43 Å². The van der Waals surface area contributed by atoms with Crippen molar-refractivity contribution >= 4 is 9.04 Å². The molecule has 2 heteroatoms. The van der Waals surface area contributed by atoms with Crippen LogP contribution in [0.3, 0.4) is 0 Å². The van der Waals surface area contributed by atoms with Gasteiger partial charge in [0.2, 0.25) is 0 Å². The molecule has 0 aliphatic heterocycles. The van der Waals surface area contributed by atoms with Crippen LogP contribution in [0.25, 0.3) is 0 Å². The molecule has 0 aromatic carbocycles. The molecular formula is C14H27OSi. The van der Waals surface area contributed by atoms with Crippen molar-refractivity contribution in [1.29, 1.82) is 0 Å².